The molecule has 0 atom stereocenters. The van der Waals surface area contributed by atoms with E-state index >= 15 is 0 Å². The van der Waals surface area contributed by atoms with Crippen LogP contribution in [0.5, 0.6) is 0 Å². The Labute approximate surface area is 82.8 Å². The zero-order valence-corrected chi connectivity index (χ0v) is 8.15. The minimum Gasteiger partial charge on any atom is -0.455 e. The largest absolute Gasteiger partial charge is 0.455 e. The van der Waals surface area contributed by atoms with Gasteiger partial charge in [0.05, 0.1) is 0 Å². The van der Waals surface area contributed by atoms with Gasteiger partial charge in [-0.25, -0.2) is 0 Å². The van der Waals surface area contributed by atoms with E-state index in [1.165, 1.54) is 6.21 Å². The highest BCUT2D eigenvalue weighted by Crippen LogP contribution is 2.22. The third-order valence-corrected chi connectivity index (χ3v) is 2.18. The summed E-state index contributed by atoms with van der Waals surface area (Å²) >= 11 is 3.36. The Morgan fingerprint density at radius 3 is 3.00 bits per heavy atom. The number of oxime groups is 1. The number of halogens is 1. The molecule has 0 aliphatic rings. The number of hydrogen-bond acceptors (Lipinski definition) is 3. The van der Waals surface area contributed by atoms with Gasteiger partial charge >= 0.3 is 0 Å². The van der Waals surface area contributed by atoms with E-state index < -0.39 is 0 Å². The molecule has 2 rings (SSSR count). The molecule has 0 unspecified atom stereocenters. The summed E-state index contributed by atoms with van der Waals surface area (Å²) in [5.41, 5.74) is 0.776. The van der Waals surface area contributed by atoms with Crippen molar-refractivity contribution in [1.82, 2.24) is 0 Å². The number of fused-ring (bicyclic) bond motifs is 1. The van der Waals surface area contributed by atoms with Crippen molar-refractivity contribution in [2.75, 3.05) is 0 Å². The van der Waals surface area contributed by atoms with Crippen LogP contribution in [0, 0.1) is 0 Å². The predicted octanol–water partition coefficient (Wildman–Crippen LogP) is 3.00. The maximum atomic E-state index is 8.30. The van der Waals surface area contributed by atoms with E-state index in [0.717, 1.165) is 15.4 Å². The molecule has 0 aliphatic heterocycles. The second-order valence-electron chi connectivity index (χ2n) is 2.58. The average Bonchev–Trinajstić information content (AvgIpc) is 2.46. The molecule has 1 aromatic carbocycles. The van der Waals surface area contributed by atoms with Crippen LogP contribution in [-0.2, 0) is 0 Å². The third-order valence-electron chi connectivity index (χ3n) is 1.68. The fraction of sp³-hybridized carbons (Fsp3) is 0. The molecule has 0 amide bonds. The molecule has 0 radical (unpaired) electrons. The van der Waals surface area contributed by atoms with Gasteiger partial charge in [-0.1, -0.05) is 21.1 Å². The van der Waals surface area contributed by atoms with Crippen LogP contribution >= 0.6 is 15.9 Å². The SMILES string of the molecule is ON=Cc1cc2cc(Br)ccc2o1. The second-order valence-corrected chi connectivity index (χ2v) is 3.49. The van der Waals surface area contributed by atoms with E-state index in [4.69, 9.17) is 9.62 Å². The first-order valence-electron chi connectivity index (χ1n) is 3.66. The Morgan fingerprint density at radius 1 is 1.38 bits per heavy atom. The summed E-state index contributed by atoms with van der Waals surface area (Å²) in [5.74, 6) is 0.538. The van der Waals surface area contributed by atoms with Crippen LogP contribution in [0.4, 0.5) is 0 Å². The van der Waals surface area contributed by atoms with Crippen molar-refractivity contribution in [3.05, 3.63) is 34.5 Å². The van der Waals surface area contributed by atoms with Crippen LogP contribution in [0.1, 0.15) is 5.76 Å². The van der Waals surface area contributed by atoms with Gasteiger partial charge in [0, 0.05) is 9.86 Å². The van der Waals surface area contributed by atoms with Gasteiger partial charge in [0.25, 0.3) is 0 Å². The van der Waals surface area contributed by atoms with Gasteiger partial charge in [0.1, 0.15) is 17.6 Å². The standard InChI is InChI=1S/C9H6BrNO2/c10-7-1-2-9-6(3-7)4-8(13-9)5-11-12/h1-5,12H. The van der Waals surface area contributed by atoms with Gasteiger partial charge in [-0.2, -0.15) is 0 Å². The number of rotatable bonds is 1. The molecule has 1 N–H and O–H groups in total. The molecule has 0 aliphatic carbocycles. The Bertz CT molecular complexity index is 462. The molecule has 0 spiro atoms. The molecule has 1 heterocycles. The van der Waals surface area contributed by atoms with Crippen LogP contribution in [0.25, 0.3) is 11.0 Å². The number of benzene rings is 1. The molecule has 0 bridgehead atoms. The van der Waals surface area contributed by atoms with Crippen molar-refractivity contribution in [2.24, 2.45) is 5.16 Å². The minimum atomic E-state index is 0.538. The summed E-state index contributed by atoms with van der Waals surface area (Å²) in [4.78, 5) is 0. The van der Waals surface area contributed by atoms with Crippen LogP contribution < -0.4 is 0 Å². The van der Waals surface area contributed by atoms with Crippen molar-refractivity contribution in [1.29, 1.82) is 0 Å². The van der Waals surface area contributed by atoms with Crippen molar-refractivity contribution in [3.8, 4) is 0 Å². The first kappa shape index (κ1) is 8.31. The van der Waals surface area contributed by atoms with Crippen LogP contribution in [-0.4, -0.2) is 11.4 Å². The molecule has 0 saturated carbocycles. The monoisotopic (exact) mass is 239 g/mol. The van der Waals surface area contributed by atoms with Crippen LogP contribution in [0.15, 0.2) is 38.3 Å². The van der Waals surface area contributed by atoms with E-state index in [9.17, 15) is 0 Å². The van der Waals surface area contributed by atoms with Crippen LogP contribution in [0.3, 0.4) is 0 Å². The van der Waals surface area contributed by atoms with E-state index in [-0.39, 0.29) is 0 Å². The molecule has 2 aromatic rings. The highest BCUT2D eigenvalue weighted by Gasteiger charge is 2.01. The quantitative estimate of drug-likeness (QED) is 0.473. The summed E-state index contributed by atoms with van der Waals surface area (Å²) in [6, 6.07) is 7.49. The second kappa shape index (κ2) is 3.22. The number of furan rings is 1. The van der Waals surface area contributed by atoms with Gasteiger partial charge < -0.3 is 9.62 Å². The average molecular weight is 240 g/mol. The summed E-state index contributed by atoms with van der Waals surface area (Å²) in [7, 11) is 0. The highest BCUT2D eigenvalue weighted by atomic mass is 79.9. The lowest BCUT2D eigenvalue weighted by atomic mass is 10.2. The fourth-order valence-corrected chi connectivity index (χ4v) is 1.53. The maximum absolute atomic E-state index is 8.30. The zero-order chi connectivity index (χ0) is 9.26. The maximum Gasteiger partial charge on any atom is 0.149 e. The topological polar surface area (TPSA) is 45.7 Å². The van der Waals surface area contributed by atoms with Crippen molar-refractivity contribution >= 4 is 33.1 Å². The molecule has 3 nitrogen and oxygen atoms in total. The summed E-state index contributed by atoms with van der Waals surface area (Å²) in [6.07, 6.45) is 1.26. The lowest BCUT2D eigenvalue weighted by molar-refractivity contribution is 0.321. The van der Waals surface area contributed by atoms with Gasteiger partial charge in [-0.05, 0) is 24.3 Å². The van der Waals surface area contributed by atoms with E-state index in [0.29, 0.717) is 5.76 Å². The summed E-state index contributed by atoms with van der Waals surface area (Å²) in [6.45, 7) is 0. The molecular weight excluding hydrogens is 234 g/mol. The Kier molecular flexibility index (Phi) is 2.06. The lowest BCUT2D eigenvalue weighted by Crippen LogP contribution is -1.70. The van der Waals surface area contributed by atoms with Gasteiger partial charge in [-0.15, -0.1) is 0 Å². The van der Waals surface area contributed by atoms with Crippen molar-refractivity contribution in [3.63, 3.8) is 0 Å². The highest BCUT2D eigenvalue weighted by molar-refractivity contribution is 9.10. The molecule has 1 aromatic heterocycles. The van der Waals surface area contributed by atoms with Gasteiger partial charge in [0.2, 0.25) is 0 Å². The van der Waals surface area contributed by atoms with E-state index in [2.05, 4.69) is 21.1 Å². The molecule has 4 heteroatoms. The molecule has 13 heavy (non-hydrogen) atoms. The Morgan fingerprint density at radius 2 is 2.23 bits per heavy atom. The fourth-order valence-electron chi connectivity index (χ4n) is 1.16. The van der Waals surface area contributed by atoms with E-state index in [1.54, 1.807) is 6.07 Å². The normalized spacial score (nSPS) is 11.5. The Balaban J connectivity index is 2.62. The summed E-state index contributed by atoms with van der Waals surface area (Å²) < 4.78 is 6.33. The smallest absolute Gasteiger partial charge is 0.149 e. The molecule has 0 saturated heterocycles. The zero-order valence-electron chi connectivity index (χ0n) is 6.57. The predicted molar refractivity (Wildman–Crippen MR) is 53.3 cm³/mol. The molecule has 66 valence electrons. The number of hydrogen-bond donors (Lipinski definition) is 1. The van der Waals surface area contributed by atoms with E-state index in [1.807, 2.05) is 18.2 Å². The van der Waals surface area contributed by atoms with Crippen molar-refractivity contribution in [2.45, 2.75) is 0 Å². The molecular formula is C9H6BrNO2. The van der Waals surface area contributed by atoms with Crippen LogP contribution in [0.2, 0.25) is 0 Å². The lowest BCUT2D eigenvalue weighted by Gasteiger charge is -1.87. The first-order chi connectivity index (χ1) is 6.29. The summed E-state index contributed by atoms with van der Waals surface area (Å²) in [5, 5.41) is 12.2. The first-order valence-corrected chi connectivity index (χ1v) is 4.45. The number of nitrogens with zero attached hydrogens (tertiary/aromatic N) is 1. The van der Waals surface area contributed by atoms with Crippen molar-refractivity contribution < 1.29 is 9.62 Å². The van der Waals surface area contributed by atoms with Gasteiger partial charge in [-0.3, -0.25) is 0 Å². The Hall–Kier alpha value is -1.29. The van der Waals surface area contributed by atoms with Gasteiger partial charge in [0.15, 0.2) is 0 Å². The molecule has 0 fully saturated rings. The minimum absolute atomic E-state index is 0.538. The third kappa shape index (κ3) is 1.58.